The van der Waals surface area contributed by atoms with Crippen molar-refractivity contribution < 1.29 is 22.4 Å². The highest BCUT2D eigenvalue weighted by Crippen LogP contribution is 2.29. The van der Waals surface area contributed by atoms with Gasteiger partial charge in [-0.25, -0.2) is 8.42 Å². The number of benzene rings is 1. The lowest BCUT2D eigenvalue weighted by Gasteiger charge is -2.28. The van der Waals surface area contributed by atoms with E-state index in [-0.39, 0.29) is 29.9 Å². The molecular formula is C21H29NO5S. The third kappa shape index (κ3) is 4.41. The normalized spacial score (nSPS) is 18.8. The van der Waals surface area contributed by atoms with Gasteiger partial charge in [0.05, 0.1) is 30.8 Å². The molecule has 1 aromatic heterocycles. The Morgan fingerprint density at radius 1 is 1.36 bits per heavy atom. The van der Waals surface area contributed by atoms with Crippen molar-refractivity contribution in [1.29, 1.82) is 0 Å². The summed E-state index contributed by atoms with van der Waals surface area (Å²) in [4.78, 5) is 14.7. The van der Waals surface area contributed by atoms with Crippen LogP contribution in [0.2, 0.25) is 0 Å². The second kappa shape index (κ2) is 8.25. The Labute approximate surface area is 166 Å². The van der Waals surface area contributed by atoms with E-state index in [4.69, 9.17) is 9.15 Å². The average Bonchev–Trinajstić information content (AvgIpc) is 3.17. The van der Waals surface area contributed by atoms with Crippen LogP contribution in [0.25, 0.3) is 11.0 Å². The van der Waals surface area contributed by atoms with Crippen molar-refractivity contribution in [2.75, 3.05) is 31.8 Å². The third-order valence-electron chi connectivity index (χ3n) is 5.51. The molecule has 2 heterocycles. The highest BCUT2D eigenvalue weighted by Gasteiger charge is 2.34. The van der Waals surface area contributed by atoms with Gasteiger partial charge < -0.3 is 14.1 Å². The van der Waals surface area contributed by atoms with Crippen molar-refractivity contribution in [1.82, 2.24) is 4.90 Å². The fourth-order valence-electron chi connectivity index (χ4n) is 3.99. The fraction of sp³-hybridized carbons (Fsp3) is 0.571. The second-order valence-electron chi connectivity index (χ2n) is 7.93. The number of sulfone groups is 1. The summed E-state index contributed by atoms with van der Waals surface area (Å²) in [5, 5.41) is 0.952. The largest absolute Gasteiger partial charge is 0.464 e. The van der Waals surface area contributed by atoms with E-state index < -0.39 is 9.84 Å². The van der Waals surface area contributed by atoms with Crippen LogP contribution in [0.5, 0.6) is 0 Å². The number of aryl methyl sites for hydroxylation is 1. The van der Waals surface area contributed by atoms with Gasteiger partial charge in [0.2, 0.25) is 5.91 Å². The molecule has 1 aliphatic rings. The summed E-state index contributed by atoms with van der Waals surface area (Å²) in [7, 11) is -1.49. The van der Waals surface area contributed by atoms with Gasteiger partial charge in [-0.3, -0.25) is 4.79 Å². The SMILES string of the molecule is COCCN(C(=O)Cc1coc2cc(C)c(C(C)C)cc12)C1CCS(=O)(=O)C1. The zero-order chi connectivity index (χ0) is 20.5. The highest BCUT2D eigenvalue weighted by atomic mass is 32.2. The number of fused-ring (bicyclic) bond motifs is 1. The lowest BCUT2D eigenvalue weighted by molar-refractivity contribution is -0.133. The predicted molar refractivity (Wildman–Crippen MR) is 109 cm³/mol. The van der Waals surface area contributed by atoms with Gasteiger partial charge in [-0.05, 0) is 42.5 Å². The molecule has 1 atom stereocenters. The summed E-state index contributed by atoms with van der Waals surface area (Å²) in [5.74, 6) is 0.462. The summed E-state index contributed by atoms with van der Waals surface area (Å²) in [6.45, 7) is 7.13. The Bertz CT molecular complexity index is 961. The van der Waals surface area contributed by atoms with Crippen molar-refractivity contribution in [2.45, 2.75) is 45.6 Å². The van der Waals surface area contributed by atoms with Crippen molar-refractivity contribution in [3.05, 3.63) is 35.1 Å². The minimum atomic E-state index is -3.07. The topological polar surface area (TPSA) is 76.8 Å². The lowest BCUT2D eigenvalue weighted by atomic mass is 9.95. The van der Waals surface area contributed by atoms with E-state index in [9.17, 15) is 13.2 Å². The van der Waals surface area contributed by atoms with E-state index in [1.165, 1.54) is 11.1 Å². The predicted octanol–water partition coefficient (Wildman–Crippen LogP) is 3.07. The van der Waals surface area contributed by atoms with Crippen LogP contribution in [0.15, 0.2) is 22.8 Å². The standard InChI is InChI=1S/C21H29NO5S/c1-14(2)18-11-19-16(12-27-20(19)9-15(18)3)10-21(23)22(6-7-26-4)17-5-8-28(24,25)13-17/h9,11-12,14,17H,5-8,10,13H2,1-4H3. The van der Waals surface area contributed by atoms with Gasteiger partial charge in [-0.2, -0.15) is 0 Å². The van der Waals surface area contributed by atoms with Crippen LogP contribution in [0.3, 0.4) is 0 Å². The number of carbonyl (C=O) groups excluding carboxylic acids is 1. The Hall–Kier alpha value is -1.86. The van der Waals surface area contributed by atoms with Gasteiger partial charge in [-0.15, -0.1) is 0 Å². The minimum Gasteiger partial charge on any atom is -0.464 e. The molecule has 0 N–H and O–H groups in total. The van der Waals surface area contributed by atoms with Gasteiger partial charge in [0.25, 0.3) is 0 Å². The second-order valence-corrected chi connectivity index (χ2v) is 10.2. The van der Waals surface area contributed by atoms with Crippen molar-refractivity contribution >= 4 is 26.7 Å². The van der Waals surface area contributed by atoms with Crippen LogP contribution in [-0.2, 0) is 25.8 Å². The van der Waals surface area contributed by atoms with Crippen LogP contribution in [0, 0.1) is 6.92 Å². The number of hydrogen-bond acceptors (Lipinski definition) is 5. The molecular weight excluding hydrogens is 378 g/mol. The summed E-state index contributed by atoms with van der Waals surface area (Å²) in [6.07, 6.45) is 2.32. The van der Waals surface area contributed by atoms with Gasteiger partial charge >= 0.3 is 0 Å². The molecule has 6 nitrogen and oxygen atoms in total. The molecule has 0 saturated carbocycles. The molecule has 0 spiro atoms. The summed E-state index contributed by atoms with van der Waals surface area (Å²) < 4.78 is 34.6. The summed E-state index contributed by atoms with van der Waals surface area (Å²) >= 11 is 0. The number of carbonyl (C=O) groups is 1. The monoisotopic (exact) mass is 407 g/mol. The number of methoxy groups -OCH3 is 1. The molecule has 7 heteroatoms. The molecule has 154 valence electrons. The smallest absolute Gasteiger partial charge is 0.227 e. The molecule has 2 aromatic rings. The molecule has 1 aliphatic heterocycles. The van der Waals surface area contributed by atoms with Crippen molar-refractivity contribution in [2.24, 2.45) is 0 Å². The summed E-state index contributed by atoms with van der Waals surface area (Å²) in [5.41, 5.74) is 4.02. The van der Waals surface area contributed by atoms with E-state index in [0.29, 0.717) is 25.5 Å². The molecule has 1 fully saturated rings. The molecule has 28 heavy (non-hydrogen) atoms. The van der Waals surface area contributed by atoms with Crippen LogP contribution in [-0.4, -0.2) is 57.0 Å². The van der Waals surface area contributed by atoms with E-state index in [1.54, 1.807) is 18.3 Å². The number of ether oxygens (including phenoxy) is 1. The summed E-state index contributed by atoms with van der Waals surface area (Å²) in [6, 6.07) is 3.85. The van der Waals surface area contributed by atoms with E-state index >= 15 is 0 Å². The molecule has 1 saturated heterocycles. The van der Waals surface area contributed by atoms with Crippen LogP contribution >= 0.6 is 0 Å². The maximum Gasteiger partial charge on any atom is 0.227 e. The van der Waals surface area contributed by atoms with Gasteiger partial charge in [0.1, 0.15) is 5.58 Å². The first-order valence-corrected chi connectivity index (χ1v) is 11.5. The third-order valence-corrected chi connectivity index (χ3v) is 7.26. The van der Waals surface area contributed by atoms with Crippen LogP contribution in [0.1, 0.15) is 42.9 Å². The minimum absolute atomic E-state index is 0.0330. The van der Waals surface area contributed by atoms with Crippen molar-refractivity contribution in [3.8, 4) is 0 Å². The molecule has 3 rings (SSSR count). The van der Waals surface area contributed by atoms with Crippen LogP contribution < -0.4 is 0 Å². The Morgan fingerprint density at radius 3 is 2.71 bits per heavy atom. The highest BCUT2D eigenvalue weighted by molar-refractivity contribution is 7.91. The average molecular weight is 408 g/mol. The molecule has 0 aliphatic carbocycles. The zero-order valence-corrected chi connectivity index (χ0v) is 17.8. The van der Waals surface area contributed by atoms with Gasteiger partial charge in [0, 0.05) is 30.6 Å². The first-order valence-electron chi connectivity index (χ1n) is 9.71. The first-order chi connectivity index (χ1) is 13.2. The fourth-order valence-corrected chi connectivity index (χ4v) is 5.72. The van der Waals surface area contributed by atoms with Crippen LogP contribution in [0.4, 0.5) is 0 Å². The molecule has 1 amide bonds. The van der Waals surface area contributed by atoms with Gasteiger partial charge in [0.15, 0.2) is 9.84 Å². The Balaban J connectivity index is 1.86. The Morgan fingerprint density at radius 2 is 2.11 bits per heavy atom. The molecule has 0 radical (unpaired) electrons. The molecule has 1 unspecified atom stereocenters. The number of furan rings is 1. The quantitative estimate of drug-likeness (QED) is 0.705. The maximum atomic E-state index is 13.1. The van der Waals surface area contributed by atoms with E-state index in [1.807, 2.05) is 6.07 Å². The number of amides is 1. The maximum absolute atomic E-state index is 13.1. The number of nitrogens with zero attached hydrogens (tertiary/aromatic N) is 1. The number of rotatable bonds is 7. The van der Waals surface area contributed by atoms with E-state index in [2.05, 4.69) is 26.8 Å². The zero-order valence-electron chi connectivity index (χ0n) is 17.0. The van der Waals surface area contributed by atoms with E-state index in [0.717, 1.165) is 16.5 Å². The number of hydrogen-bond donors (Lipinski definition) is 0. The lowest BCUT2D eigenvalue weighted by Crippen LogP contribution is -2.43. The van der Waals surface area contributed by atoms with Gasteiger partial charge in [-0.1, -0.05) is 13.8 Å². The Kier molecular flexibility index (Phi) is 6.15. The van der Waals surface area contributed by atoms with Crippen molar-refractivity contribution in [3.63, 3.8) is 0 Å². The molecule has 1 aromatic carbocycles. The molecule has 0 bridgehead atoms. The first kappa shape index (κ1) is 20.9.